The van der Waals surface area contributed by atoms with Crippen LogP contribution in [0.1, 0.15) is 60.8 Å². The van der Waals surface area contributed by atoms with Gasteiger partial charge in [-0.05, 0) is 74.3 Å². The maximum atomic E-state index is 14.1. The van der Waals surface area contributed by atoms with Gasteiger partial charge in [0.1, 0.15) is 11.7 Å². The first-order valence-corrected chi connectivity index (χ1v) is 12.2. The van der Waals surface area contributed by atoms with Gasteiger partial charge in [0.25, 0.3) is 0 Å². The van der Waals surface area contributed by atoms with Crippen molar-refractivity contribution in [3.8, 4) is 5.75 Å². The number of hydrogen-bond acceptors (Lipinski definition) is 5. The summed E-state index contributed by atoms with van der Waals surface area (Å²) in [7, 11) is 3.02. The van der Waals surface area contributed by atoms with E-state index >= 15 is 0 Å². The average molecular weight is 455 g/mol. The molecular formula is C27H34O4S. The summed E-state index contributed by atoms with van der Waals surface area (Å²) in [4.78, 5) is 27.1. The molecule has 0 heterocycles. The lowest BCUT2D eigenvalue weighted by atomic mass is 9.75. The van der Waals surface area contributed by atoms with Gasteiger partial charge in [0.2, 0.25) is 0 Å². The molecule has 1 aliphatic carbocycles. The minimum absolute atomic E-state index is 0.0123. The van der Waals surface area contributed by atoms with Crippen LogP contribution in [0.2, 0.25) is 0 Å². The summed E-state index contributed by atoms with van der Waals surface area (Å²) in [5, 5.41) is 0. The molecule has 1 fully saturated rings. The van der Waals surface area contributed by atoms with E-state index < -0.39 is 16.6 Å². The third kappa shape index (κ3) is 5.37. The van der Waals surface area contributed by atoms with E-state index in [1.165, 1.54) is 7.11 Å². The number of aryl methyl sites for hydroxylation is 2. The summed E-state index contributed by atoms with van der Waals surface area (Å²) >= 11 is 1.68. The molecule has 0 aromatic heterocycles. The van der Waals surface area contributed by atoms with Crippen LogP contribution in [0.4, 0.5) is 0 Å². The molecule has 1 aliphatic rings. The minimum atomic E-state index is -0.891. The van der Waals surface area contributed by atoms with Crippen LogP contribution in [-0.2, 0) is 20.1 Å². The van der Waals surface area contributed by atoms with Crippen molar-refractivity contribution in [3.63, 3.8) is 0 Å². The number of carbonyl (C=O) groups is 2. The molecule has 0 spiro atoms. The van der Waals surface area contributed by atoms with Crippen molar-refractivity contribution in [2.45, 2.75) is 62.9 Å². The van der Waals surface area contributed by atoms with E-state index in [0.717, 1.165) is 53.7 Å². The highest BCUT2D eigenvalue weighted by Gasteiger charge is 2.47. The fraction of sp³-hybridized carbons (Fsp3) is 0.481. The van der Waals surface area contributed by atoms with Gasteiger partial charge in [-0.2, -0.15) is 0 Å². The molecule has 3 rings (SSSR count). The predicted octanol–water partition coefficient (Wildman–Crippen LogP) is 6.02. The number of benzene rings is 2. The molecule has 0 N–H and O–H groups in total. The summed E-state index contributed by atoms with van der Waals surface area (Å²) in [5.74, 6) is 0.751. The first kappa shape index (κ1) is 24.4. The molecule has 1 atom stereocenters. The lowest BCUT2D eigenvalue weighted by molar-refractivity contribution is -0.146. The SMILES string of the molecule is COC(=O)C(C(=O)C1(SCc2ccc(OC)cc2)CCC(C)CC1)c1ccc(C)cc1C. The van der Waals surface area contributed by atoms with Gasteiger partial charge in [0.05, 0.1) is 19.0 Å². The summed E-state index contributed by atoms with van der Waals surface area (Å²) in [6, 6.07) is 13.9. The van der Waals surface area contributed by atoms with E-state index in [0.29, 0.717) is 11.7 Å². The summed E-state index contributed by atoms with van der Waals surface area (Å²) in [6.07, 6.45) is 3.54. The minimum Gasteiger partial charge on any atom is -0.497 e. The highest BCUT2D eigenvalue weighted by Crippen LogP contribution is 2.47. The number of hydrogen-bond donors (Lipinski definition) is 0. The van der Waals surface area contributed by atoms with Crippen LogP contribution in [-0.4, -0.2) is 30.7 Å². The lowest BCUT2D eigenvalue weighted by Crippen LogP contribution is -2.44. The Bertz CT molecular complexity index is 943. The molecule has 0 bridgehead atoms. The normalized spacial score (nSPS) is 21.6. The zero-order chi connectivity index (χ0) is 23.3. The third-order valence-electron chi connectivity index (χ3n) is 6.64. The molecule has 0 aliphatic heterocycles. The second kappa shape index (κ2) is 10.6. The molecule has 4 nitrogen and oxygen atoms in total. The largest absolute Gasteiger partial charge is 0.497 e. The Hall–Kier alpha value is -2.27. The van der Waals surface area contributed by atoms with Gasteiger partial charge in [-0.3, -0.25) is 9.59 Å². The van der Waals surface area contributed by atoms with Gasteiger partial charge >= 0.3 is 5.97 Å². The van der Waals surface area contributed by atoms with Crippen LogP contribution in [0.3, 0.4) is 0 Å². The Labute approximate surface area is 196 Å². The Morgan fingerprint density at radius 1 is 1.06 bits per heavy atom. The zero-order valence-corrected chi connectivity index (χ0v) is 20.6. The number of ether oxygens (including phenoxy) is 2. The molecule has 0 radical (unpaired) electrons. The van der Waals surface area contributed by atoms with Crippen LogP contribution in [0.25, 0.3) is 0 Å². The van der Waals surface area contributed by atoms with Gasteiger partial charge in [-0.15, -0.1) is 11.8 Å². The number of esters is 1. The number of rotatable bonds is 8. The molecule has 2 aromatic carbocycles. The monoisotopic (exact) mass is 454 g/mol. The predicted molar refractivity (Wildman–Crippen MR) is 130 cm³/mol. The van der Waals surface area contributed by atoms with Crippen molar-refractivity contribution in [2.75, 3.05) is 14.2 Å². The van der Waals surface area contributed by atoms with Crippen molar-refractivity contribution in [2.24, 2.45) is 5.92 Å². The molecular weight excluding hydrogens is 420 g/mol. The molecule has 2 aromatic rings. The lowest BCUT2D eigenvalue weighted by Gasteiger charge is -2.39. The maximum Gasteiger partial charge on any atom is 0.320 e. The highest BCUT2D eigenvalue weighted by atomic mass is 32.2. The van der Waals surface area contributed by atoms with Gasteiger partial charge in [0.15, 0.2) is 5.78 Å². The van der Waals surface area contributed by atoms with Crippen molar-refractivity contribution in [1.29, 1.82) is 0 Å². The van der Waals surface area contributed by atoms with Crippen molar-refractivity contribution in [3.05, 3.63) is 64.7 Å². The van der Waals surface area contributed by atoms with Crippen molar-refractivity contribution in [1.82, 2.24) is 0 Å². The van der Waals surface area contributed by atoms with E-state index in [9.17, 15) is 9.59 Å². The smallest absolute Gasteiger partial charge is 0.320 e. The fourth-order valence-corrected chi connectivity index (χ4v) is 5.96. The fourth-order valence-electron chi connectivity index (χ4n) is 4.54. The first-order valence-electron chi connectivity index (χ1n) is 11.3. The standard InChI is InChI=1S/C27H34O4S/c1-18-12-14-27(15-13-18,32-17-21-7-9-22(30-4)10-8-21)25(28)24(26(29)31-5)23-11-6-19(2)16-20(23)3/h6-11,16,18,24H,12-15,17H2,1-5H3. The molecule has 5 heteroatoms. The average Bonchev–Trinajstić information content (AvgIpc) is 2.80. The van der Waals surface area contributed by atoms with E-state index in [1.54, 1.807) is 18.9 Å². The molecule has 1 unspecified atom stereocenters. The van der Waals surface area contributed by atoms with Gasteiger partial charge in [0, 0.05) is 5.75 Å². The molecule has 0 saturated heterocycles. The third-order valence-corrected chi connectivity index (χ3v) is 8.28. The molecule has 172 valence electrons. The number of carbonyl (C=O) groups excluding carboxylic acids is 2. The quantitative estimate of drug-likeness (QED) is 0.361. The van der Waals surface area contributed by atoms with E-state index in [1.807, 2.05) is 56.3 Å². The van der Waals surface area contributed by atoms with E-state index in [-0.39, 0.29) is 5.78 Å². The Kier molecular flexibility index (Phi) is 8.05. The van der Waals surface area contributed by atoms with E-state index in [2.05, 4.69) is 6.92 Å². The summed E-state index contributed by atoms with van der Waals surface area (Å²) < 4.78 is 9.80. The number of thioether (sulfide) groups is 1. The molecule has 32 heavy (non-hydrogen) atoms. The van der Waals surface area contributed by atoms with Crippen LogP contribution >= 0.6 is 11.8 Å². The second-order valence-electron chi connectivity index (χ2n) is 8.99. The second-order valence-corrected chi connectivity index (χ2v) is 10.4. The Morgan fingerprint density at radius 2 is 1.72 bits per heavy atom. The van der Waals surface area contributed by atoms with Gasteiger partial charge in [-0.25, -0.2) is 0 Å². The van der Waals surface area contributed by atoms with Crippen LogP contribution in [0, 0.1) is 19.8 Å². The van der Waals surface area contributed by atoms with Gasteiger partial charge < -0.3 is 9.47 Å². The van der Waals surface area contributed by atoms with Gasteiger partial charge in [-0.1, -0.05) is 42.8 Å². The number of ketones is 1. The molecule has 1 saturated carbocycles. The van der Waals surface area contributed by atoms with Crippen molar-refractivity contribution < 1.29 is 19.1 Å². The van der Waals surface area contributed by atoms with E-state index in [4.69, 9.17) is 9.47 Å². The highest BCUT2D eigenvalue weighted by molar-refractivity contribution is 8.00. The first-order chi connectivity index (χ1) is 15.3. The summed E-state index contributed by atoms with van der Waals surface area (Å²) in [6.45, 7) is 6.22. The number of Topliss-reactive ketones (excluding diaryl/α,β-unsaturated/α-hetero) is 1. The Morgan fingerprint density at radius 3 is 2.28 bits per heavy atom. The van der Waals surface area contributed by atoms with Crippen molar-refractivity contribution >= 4 is 23.5 Å². The van der Waals surface area contributed by atoms with Crippen LogP contribution in [0.5, 0.6) is 5.75 Å². The van der Waals surface area contributed by atoms with Crippen LogP contribution in [0.15, 0.2) is 42.5 Å². The Balaban J connectivity index is 1.94. The number of methoxy groups -OCH3 is 2. The maximum absolute atomic E-state index is 14.1. The van der Waals surface area contributed by atoms with Crippen LogP contribution < -0.4 is 4.74 Å². The topological polar surface area (TPSA) is 52.6 Å². The summed E-state index contributed by atoms with van der Waals surface area (Å²) in [5.41, 5.74) is 3.96. The molecule has 0 amide bonds. The zero-order valence-electron chi connectivity index (χ0n) is 19.8.